The number of hydrogen-bond donors (Lipinski definition) is 1. The second-order valence-corrected chi connectivity index (χ2v) is 5.54. The first-order valence-electron chi connectivity index (χ1n) is 6.10. The first kappa shape index (κ1) is 11.4. The van der Waals surface area contributed by atoms with Crippen molar-refractivity contribution >= 4 is 11.8 Å². The predicted molar refractivity (Wildman–Crippen MR) is 60.7 cm³/mol. The van der Waals surface area contributed by atoms with Gasteiger partial charge in [-0.3, -0.25) is 9.59 Å². The smallest absolute Gasteiger partial charge is 0.245 e. The monoisotopic (exact) mass is 224 g/mol. The summed E-state index contributed by atoms with van der Waals surface area (Å²) in [5.74, 6) is 1.01. The minimum absolute atomic E-state index is 0.0367. The average Bonchev–Trinajstić information content (AvgIpc) is 2.56. The van der Waals surface area contributed by atoms with Crippen LogP contribution in [0.4, 0.5) is 0 Å². The van der Waals surface area contributed by atoms with E-state index in [4.69, 9.17) is 0 Å². The standard InChI is InChI=1S/C12H20N2O2/c1-7(2)4-9-12(16)14-6-8(3)5-10(14)11(15)13-9/h7-10H,4-6H2,1-3H3,(H,13,15)/t8?,9-,10-/m0/s1. The van der Waals surface area contributed by atoms with Crippen molar-refractivity contribution in [2.24, 2.45) is 11.8 Å². The topological polar surface area (TPSA) is 49.4 Å². The van der Waals surface area contributed by atoms with E-state index in [1.165, 1.54) is 0 Å². The first-order valence-corrected chi connectivity index (χ1v) is 6.10. The minimum Gasteiger partial charge on any atom is -0.342 e. The molecule has 2 aliphatic rings. The lowest BCUT2D eigenvalue weighted by atomic mass is 9.99. The molecule has 0 aromatic heterocycles. The van der Waals surface area contributed by atoms with E-state index in [1.54, 1.807) is 4.90 Å². The van der Waals surface area contributed by atoms with Gasteiger partial charge in [-0.15, -0.1) is 0 Å². The fraction of sp³-hybridized carbons (Fsp3) is 0.833. The van der Waals surface area contributed by atoms with Crippen LogP contribution < -0.4 is 5.32 Å². The highest BCUT2D eigenvalue weighted by atomic mass is 16.2. The fourth-order valence-electron chi connectivity index (χ4n) is 2.70. The number of fused-ring (bicyclic) bond motifs is 1. The molecule has 1 N–H and O–H groups in total. The number of carbonyl (C=O) groups excluding carboxylic acids is 2. The zero-order valence-corrected chi connectivity index (χ0v) is 10.2. The van der Waals surface area contributed by atoms with E-state index >= 15 is 0 Å². The maximum absolute atomic E-state index is 12.1. The third kappa shape index (κ3) is 1.93. The molecule has 0 saturated carbocycles. The molecule has 0 radical (unpaired) electrons. The highest BCUT2D eigenvalue weighted by Gasteiger charge is 2.45. The quantitative estimate of drug-likeness (QED) is 0.753. The molecule has 3 atom stereocenters. The maximum Gasteiger partial charge on any atom is 0.245 e. The van der Waals surface area contributed by atoms with Crippen molar-refractivity contribution in [3.05, 3.63) is 0 Å². The largest absolute Gasteiger partial charge is 0.342 e. The summed E-state index contributed by atoms with van der Waals surface area (Å²) in [7, 11) is 0. The Bertz CT molecular complexity index is 314. The van der Waals surface area contributed by atoms with Crippen LogP contribution in [0.2, 0.25) is 0 Å². The Morgan fingerprint density at radius 1 is 1.44 bits per heavy atom. The summed E-state index contributed by atoms with van der Waals surface area (Å²) in [6, 6.07) is -0.500. The summed E-state index contributed by atoms with van der Waals surface area (Å²) in [5.41, 5.74) is 0. The third-order valence-electron chi connectivity index (χ3n) is 3.42. The summed E-state index contributed by atoms with van der Waals surface area (Å²) < 4.78 is 0. The van der Waals surface area contributed by atoms with Crippen molar-refractivity contribution in [3.8, 4) is 0 Å². The van der Waals surface area contributed by atoms with Gasteiger partial charge in [-0.1, -0.05) is 20.8 Å². The molecule has 2 heterocycles. The van der Waals surface area contributed by atoms with Crippen molar-refractivity contribution in [1.82, 2.24) is 10.2 Å². The fourth-order valence-corrected chi connectivity index (χ4v) is 2.70. The van der Waals surface area contributed by atoms with Gasteiger partial charge in [-0.2, -0.15) is 0 Å². The Balaban J connectivity index is 2.12. The molecule has 2 saturated heterocycles. The van der Waals surface area contributed by atoms with E-state index in [9.17, 15) is 9.59 Å². The van der Waals surface area contributed by atoms with Crippen LogP contribution in [0.1, 0.15) is 33.6 Å². The van der Waals surface area contributed by atoms with Crippen LogP contribution in [0.15, 0.2) is 0 Å². The predicted octanol–water partition coefficient (Wildman–Crippen LogP) is 0.768. The van der Waals surface area contributed by atoms with Crippen LogP contribution in [-0.2, 0) is 9.59 Å². The van der Waals surface area contributed by atoms with Crippen LogP contribution in [0, 0.1) is 11.8 Å². The van der Waals surface area contributed by atoms with Crippen LogP contribution >= 0.6 is 0 Å². The molecule has 0 aromatic rings. The molecule has 0 spiro atoms. The van der Waals surface area contributed by atoms with Gasteiger partial charge in [0.2, 0.25) is 11.8 Å². The SMILES string of the molecule is CC(C)C[C@@H]1NC(=O)[C@@H]2CC(C)CN2C1=O. The molecule has 4 heteroatoms. The highest BCUT2D eigenvalue weighted by Crippen LogP contribution is 2.27. The van der Waals surface area contributed by atoms with E-state index in [-0.39, 0.29) is 23.9 Å². The number of hydrogen-bond acceptors (Lipinski definition) is 2. The molecule has 0 bridgehead atoms. The van der Waals surface area contributed by atoms with Gasteiger partial charge >= 0.3 is 0 Å². The van der Waals surface area contributed by atoms with E-state index in [2.05, 4.69) is 26.1 Å². The molecule has 16 heavy (non-hydrogen) atoms. The lowest BCUT2D eigenvalue weighted by Gasteiger charge is -2.35. The van der Waals surface area contributed by atoms with Gasteiger partial charge in [0.05, 0.1) is 0 Å². The lowest BCUT2D eigenvalue weighted by molar-refractivity contribution is -0.147. The van der Waals surface area contributed by atoms with E-state index in [1.807, 2.05) is 0 Å². The van der Waals surface area contributed by atoms with Crippen LogP contribution in [-0.4, -0.2) is 35.3 Å². The molecule has 0 aliphatic carbocycles. The van der Waals surface area contributed by atoms with Crippen LogP contribution in [0.3, 0.4) is 0 Å². The van der Waals surface area contributed by atoms with Crippen molar-refractivity contribution in [2.75, 3.05) is 6.54 Å². The Morgan fingerprint density at radius 2 is 2.12 bits per heavy atom. The second-order valence-electron chi connectivity index (χ2n) is 5.54. The van der Waals surface area contributed by atoms with Crippen molar-refractivity contribution < 1.29 is 9.59 Å². The Hall–Kier alpha value is -1.06. The molecule has 2 aliphatic heterocycles. The lowest BCUT2D eigenvalue weighted by Crippen LogP contribution is -2.61. The summed E-state index contributed by atoms with van der Waals surface area (Å²) in [6.45, 7) is 6.97. The maximum atomic E-state index is 12.1. The van der Waals surface area contributed by atoms with Crippen LogP contribution in [0.25, 0.3) is 0 Å². The van der Waals surface area contributed by atoms with Gasteiger partial charge in [0.15, 0.2) is 0 Å². The van der Waals surface area contributed by atoms with E-state index in [0.717, 1.165) is 19.4 Å². The summed E-state index contributed by atoms with van der Waals surface area (Å²) in [6.07, 6.45) is 1.55. The van der Waals surface area contributed by atoms with E-state index in [0.29, 0.717) is 11.8 Å². The molecule has 90 valence electrons. The van der Waals surface area contributed by atoms with Gasteiger partial charge in [0, 0.05) is 6.54 Å². The summed E-state index contributed by atoms with van der Waals surface area (Å²) in [4.78, 5) is 25.8. The number of piperazine rings is 1. The summed E-state index contributed by atoms with van der Waals surface area (Å²) in [5, 5.41) is 2.86. The molecule has 4 nitrogen and oxygen atoms in total. The van der Waals surface area contributed by atoms with Crippen molar-refractivity contribution in [2.45, 2.75) is 45.7 Å². The van der Waals surface area contributed by atoms with Gasteiger partial charge < -0.3 is 10.2 Å². The zero-order valence-electron chi connectivity index (χ0n) is 10.2. The normalized spacial score (nSPS) is 34.2. The molecule has 2 amide bonds. The summed E-state index contributed by atoms with van der Waals surface area (Å²) >= 11 is 0. The highest BCUT2D eigenvalue weighted by molar-refractivity contribution is 5.97. The van der Waals surface area contributed by atoms with Gasteiger partial charge in [0.25, 0.3) is 0 Å². The molecular formula is C12H20N2O2. The van der Waals surface area contributed by atoms with Crippen LogP contribution in [0.5, 0.6) is 0 Å². The molecule has 1 unspecified atom stereocenters. The Labute approximate surface area is 96.4 Å². The van der Waals surface area contributed by atoms with Gasteiger partial charge in [-0.05, 0) is 24.7 Å². The molecule has 2 rings (SSSR count). The number of carbonyl (C=O) groups is 2. The number of nitrogens with zero attached hydrogens (tertiary/aromatic N) is 1. The molecule has 2 fully saturated rings. The average molecular weight is 224 g/mol. The van der Waals surface area contributed by atoms with Gasteiger partial charge in [0.1, 0.15) is 12.1 Å². The van der Waals surface area contributed by atoms with Gasteiger partial charge in [-0.25, -0.2) is 0 Å². The molecular weight excluding hydrogens is 204 g/mol. The Morgan fingerprint density at radius 3 is 2.75 bits per heavy atom. The number of nitrogens with one attached hydrogen (secondary N) is 1. The van der Waals surface area contributed by atoms with Crippen molar-refractivity contribution in [1.29, 1.82) is 0 Å². The van der Waals surface area contributed by atoms with Crippen molar-refractivity contribution in [3.63, 3.8) is 0 Å². The minimum atomic E-state index is -0.297. The third-order valence-corrected chi connectivity index (χ3v) is 3.42. The first-order chi connectivity index (χ1) is 7.49. The Kier molecular flexibility index (Phi) is 2.91. The molecule has 0 aromatic carbocycles. The second kappa shape index (κ2) is 4.07. The number of amides is 2. The zero-order chi connectivity index (χ0) is 11.9. The number of rotatable bonds is 2. The van der Waals surface area contributed by atoms with E-state index < -0.39 is 0 Å².